The summed E-state index contributed by atoms with van der Waals surface area (Å²) < 4.78 is 4.91. The lowest BCUT2D eigenvalue weighted by Gasteiger charge is -2.14. The van der Waals surface area contributed by atoms with Gasteiger partial charge in [-0.15, -0.1) is 0 Å². The molecule has 0 fully saturated rings. The molecule has 0 spiro atoms. The number of nitrogens with zero attached hydrogens (tertiary/aromatic N) is 2. The highest BCUT2D eigenvalue weighted by atomic mass is 15.0. The second-order valence-corrected chi connectivity index (χ2v) is 15.7. The first-order valence-corrected chi connectivity index (χ1v) is 20.1. The molecule has 0 aliphatic heterocycles. The van der Waals surface area contributed by atoms with Gasteiger partial charge in [0.05, 0.1) is 22.1 Å². The number of rotatable bonds is 4. The lowest BCUT2D eigenvalue weighted by Crippen LogP contribution is -1.96. The lowest BCUT2D eigenvalue weighted by atomic mass is 9.94. The standard InChI is InChI=1S/C56H34N2/c1-2-14-39(15-3-1)57-52-23-9-8-20-45(52)46-27-25-36(33-53(46)57)37-26-28-47-51-29-24-35-12-4-5-17-42(35)56(51)58(54(47)34-37)40-16-10-13-38(32-40)41-30-31-50-44-19-7-6-18-43(44)49-22-11-21-48(41)55(49)50/h1-34H. The number of benzene rings is 10. The van der Waals surface area contributed by atoms with Crippen LogP contribution in [-0.2, 0) is 0 Å². The van der Waals surface area contributed by atoms with Gasteiger partial charge in [-0.3, -0.25) is 0 Å². The van der Waals surface area contributed by atoms with Gasteiger partial charge in [-0.1, -0.05) is 164 Å². The summed E-state index contributed by atoms with van der Waals surface area (Å²) in [6.45, 7) is 0. The topological polar surface area (TPSA) is 9.86 Å². The predicted molar refractivity (Wildman–Crippen MR) is 245 cm³/mol. The number of para-hydroxylation sites is 2. The van der Waals surface area contributed by atoms with Crippen molar-refractivity contribution >= 4 is 65.2 Å². The Bertz CT molecular complexity index is 3650. The smallest absolute Gasteiger partial charge is 0.0619 e. The van der Waals surface area contributed by atoms with E-state index in [1.165, 1.54) is 110 Å². The van der Waals surface area contributed by atoms with E-state index in [2.05, 4.69) is 215 Å². The SMILES string of the molecule is c1ccc(-n2c3ccccc3c3ccc(-c4ccc5c6ccc7ccccc7c6n(-c6cccc(-c7ccc8c9c(cccc79)-c7ccccc7-8)c6)c5c4)cc32)cc1. The van der Waals surface area contributed by atoms with Crippen LogP contribution in [0.4, 0.5) is 0 Å². The van der Waals surface area contributed by atoms with E-state index in [4.69, 9.17) is 0 Å². The largest absolute Gasteiger partial charge is 0.309 e. The zero-order valence-corrected chi connectivity index (χ0v) is 31.5. The van der Waals surface area contributed by atoms with E-state index in [0.29, 0.717) is 0 Å². The van der Waals surface area contributed by atoms with Gasteiger partial charge in [0.25, 0.3) is 0 Å². The van der Waals surface area contributed by atoms with Crippen LogP contribution in [0.2, 0.25) is 0 Å². The van der Waals surface area contributed by atoms with Gasteiger partial charge in [-0.05, 0) is 103 Å². The van der Waals surface area contributed by atoms with Gasteiger partial charge in [0.15, 0.2) is 0 Å². The van der Waals surface area contributed by atoms with Crippen molar-refractivity contribution in [2.45, 2.75) is 0 Å². The first kappa shape index (κ1) is 31.5. The molecule has 0 radical (unpaired) electrons. The molecule has 0 bridgehead atoms. The maximum absolute atomic E-state index is 2.51. The van der Waals surface area contributed by atoms with Crippen LogP contribution in [0.3, 0.4) is 0 Å². The van der Waals surface area contributed by atoms with Crippen LogP contribution in [0.5, 0.6) is 0 Å². The van der Waals surface area contributed by atoms with E-state index in [9.17, 15) is 0 Å². The Balaban J connectivity index is 1.04. The van der Waals surface area contributed by atoms with Crippen LogP contribution in [0, 0.1) is 0 Å². The van der Waals surface area contributed by atoms with Crippen LogP contribution in [0.15, 0.2) is 206 Å². The van der Waals surface area contributed by atoms with Crippen molar-refractivity contribution in [3.63, 3.8) is 0 Å². The second-order valence-electron chi connectivity index (χ2n) is 15.7. The molecule has 12 aromatic rings. The molecule has 0 N–H and O–H groups in total. The maximum Gasteiger partial charge on any atom is 0.0619 e. The summed E-state index contributed by atoms with van der Waals surface area (Å²) in [5.74, 6) is 0. The van der Waals surface area contributed by atoms with E-state index < -0.39 is 0 Å². The summed E-state index contributed by atoms with van der Waals surface area (Å²) in [7, 11) is 0. The molecule has 58 heavy (non-hydrogen) atoms. The Hall–Kier alpha value is -7.68. The lowest BCUT2D eigenvalue weighted by molar-refractivity contribution is 1.18. The molecule has 2 aromatic heterocycles. The van der Waals surface area contributed by atoms with Crippen LogP contribution in [-0.4, -0.2) is 9.13 Å². The molecule has 268 valence electrons. The predicted octanol–water partition coefficient (Wildman–Crippen LogP) is 15.2. The van der Waals surface area contributed by atoms with Crippen molar-refractivity contribution in [1.29, 1.82) is 0 Å². The fraction of sp³-hybridized carbons (Fsp3) is 0. The summed E-state index contributed by atoms with van der Waals surface area (Å²) >= 11 is 0. The Morgan fingerprint density at radius 1 is 0.259 bits per heavy atom. The average molecular weight is 735 g/mol. The van der Waals surface area contributed by atoms with E-state index in [0.717, 1.165) is 11.4 Å². The van der Waals surface area contributed by atoms with Gasteiger partial charge in [0.2, 0.25) is 0 Å². The molecule has 0 unspecified atom stereocenters. The van der Waals surface area contributed by atoms with Crippen molar-refractivity contribution in [1.82, 2.24) is 9.13 Å². The van der Waals surface area contributed by atoms with Gasteiger partial charge >= 0.3 is 0 Å². The molecule has 0 saturated heterocycles. The van der Waals surface area contributed by atoms with Gasteiger partial charge in [0.1, 0.15) is 0 Å². The normalized spacial score (nSPS) is 12.1. The first-order valence-electron chi connectivity index (χ1n) is 20.1. The van der Waals surface area contributed by atoms with E-state index in [1.807, 2.05) is 0 Å². The maximum atomic E-state index is 2.51. The summed E-state index contributed by atoms with van der Waals surface area (Å²) in [6, 6.07) is 76.3. The number of aromatic nitrogens is 2. The van der Waals surface area contributed by atoms with Crippen LogP contribution in [0.1, 0.15) is 0 Å². The third-order valence-corrected chi connectivity index (χ3v) is 12.6. The highest BCUT2D eigenvalue weighted by Gasteiger charge is 2.23. The molecule has 0 atom stereocenters. The van der Waals surface area contributed by atoms with Crippen molar-refractivity contribution in [3.05, 3.63) is 206 Å². The third kappa shape index (κ3) is 4.37. The molecule has 0 amide bonds. The second kappa shape index (κ2) is 11.9. The third-order valence-electron chi connectivity index (χ3n) is 12.6. The summed E-state index contributed by atoms with van der Waals surface area (Å²) in [5.41, 5.74) is 17.3. The molecular weight excluding hydrogens is 701 g/mol. The van der Waals surface area contributed by atoms with Crippen molar-refractivity contribution in [2.75, 3.05) is 0 Å². The van der Waals surface area contributed by atoms with Crippen molar-refractivity contribution < 1.29 is 0 Å². The number of hydrogen-bond acceptors (Lipinski definition) is 0. The average Bonchev–Trinajstić information content (AvgIpc) is 3.93. The minimum Gasteiger partial charge on any atom is -0.309 e. The van der Waals surface area contributed by atoms with Crippen molar-refractivity contribution in [2.24, 2.45) is 0 Å². The minimum absolute atomic E-state index is 1.15. The van der Waals surface area contributed by atoms with Crippen LogP contribution >= 0.6 is 0 Å². The summed E-state index contributed by atoms with van der Waals surface area (Å²) in [4.78, 5) is 0. The Labute approximate surface area is 335 Å². The molecule has 10 aromatic carbocycles. The van der Waals surface area contributed by atoms with Crippen LogP contribution < -0.4 is 0 Å². The molecule has 1 aliphatic carbocycles. The van der Waals surface area contributed by atoms with Gasteiger partial charge in [-0.2, -0.15) is 0 Å². The van der Waals surface area contributed by atoms with Crippen LogP contribution in [0.25, 0.3) is 121 Å². The highest BCUT2D eigenvalue weighted by Crippen LogP contribution is 2.49. The molecule has 2 nitrogen and oxygen atoms in total. The van der Waals surface area contributed by atoms with Gasteiger partial charge < -0.3 is 9.13 Å². The Morgan fingerprint density at radius 3 is 1.66 bits per heavy atom. The monoisotopic (exact) mass is 734 g/mol. The molecule has 2 heterocycles. The zero-order valence-electron chi connectivity index (χ0n) is 31.5. The molecule has 13 rings (SSSR count). The number of fused-ring (bicyclic) bond motifs is 11. The highest BCUT2D eigenvalue weighted by molar-refractivity contribution is 6.20. The Kier molecular flexibility index (Phi) is 6.47. The number of hydrogen-bond donors (Lipinski definition) is 0. The fourth-order valence-electron chi connectivity index (χ4n) is 10.1. The zero-order chi connectivity index (χ0) is 37.9. The quantitative estimate of drug-likeness (QED) is 0.170. The summed E-state index contributed by atoms with van der Waals surface area (Å²) in [5, 5.41) is 10.2. The Morgan fingerprint density at radius 2 is 0.828 bits per heavy atom. The summed E-state index contributed by atoms with van der Waals surface area (Å²) in [6.07, 6.45) is 0. The van der Waals surface area contributed by atoms with Crippen molar-refractivity contribution in [3.8, 4) is 55.9 Å². The molecule has 2 heteroatoms. The molecular formula is C56H34N2. The minimum atomic E-state index is 1.15. The van der Waals surface area contributed by atoms with E-state index in [-0.39, 0.29) is 0 Å². The first-order chi connectivity index (χ1) is 28.8. The van der Waals surface area contributed by atoms with E-state index >= 15 is 0 Å². The molecule has 1 aliphatic rings. The van der Waals surface area contributed by atoms with Gasteiger partial charge in [0, 0.05) is 38.3 Å². The van der Waals surface area contributed by atoms with Gasteiger partial charge in [-0.25, -0.2) is 0 Å². The molecule has 0 saturated carbocycles. The fourth-order valence-corrected chi connectivity index (χ4v) is 10.1. The van der Waals surface area contributed by atoms with E-state index in [1.54, 1.807) is 0 Å².